The van der Waals surface area contributed by atoms with Crippen molar-refractivity contribution in [3.8, 4) is 0 Å². The van der Waals surface area contributed by atoms with Crippen LogP contribution in [-0.2, 0) is 11.3 Å². The quantitative estimate of drug-likeness (QED) is 0.900. The average molecular weight is 255 g/mol. The summed E-state index contributed by atoms with van der Waals surface area (Å²) in [5.74, 6) is 0.463. The molecule has 5 heteroatoms. The predicted octanol–water partition coefficient (Wildman–Crippen LogP) is 2.32. The van der Waals surface area contributed by atoms with Crippen LogP contribution in [0.3, 0.4) is 0 Å². The maximum Gasteiger partial charge on any atom is 0.131 e. The number of nitrogens with zero attached hydrogens (tertiary/aromatic N) is 2. The molecule has 1 aromatic rings. The Hall–Kier alpha value is -0.520. The van der Waals surface area contributed by atoms with E-state index < -0.39 is 0 Å². The summed E-state index contributed by atoms with van der Waals surface area (Å²) in [5.41, 5.74) is 0.125. The molecule has 2 heterocycles. The number of hydrogen-bond donors (Lipinski definition) is 1. The van der Waals surface area contributed by atoms with E-state index in [-0.39, 0.29) is 5.54 Å². The van der Waals surface area contributed by atoms with Crippen molar-refractivity contribution in [3.63, 3.8) is 0 Å². The molecule has 0 amide bonds. The van der Waals surface area contributed by atoms with Crippen LogP contribution in [0.4, 0.5) is 0 Å². The molecule has 1 aliphatic rings. The molecule has 2 rings (SSSR count). The van der Waals surface area contributed by atoms with E-state index in [9.17, 15) is 0 Å². The Bertz CT molecular complexity index is 353. The van der Waals surface area contributed by atoms with Gasteiger partial charge in [0.2, 0.25) is 0 Å². The van der Waals surface area contributed by atoms with Gasteiger partial charge in [-0.1, -0.05) is 11.3 Å². The first-order valence-corrected chi connectivity index (χ1v) is 7.01. The van der Waals surface area contributed by atoms with E-state index in [4.69, 9.17) is 4.74 Å². The molecular weight excluding hydrogens is 234 g/mol. The summed E-state index contributed by atoms with van der Waals surface area (Å²) in [4.78, 5) is 0. The highest BCUT2D eigenvalue weighted by Crippen LogP contribution is 2.27. The van der Waals surface area contributed by atoms with Gasteiger partial charge in [0.25, 0.3) is 0 Å². The molecule has 1 atom stereocenters. The second-order valence-electron chi connectivity index (χ2n) is 5.55. The molecule has 0 aromatic carbocycles. The van der Waals surface area contributed by atoms with E-state index in [1.807, 2.05) is 0 Å². The van der Waals surface area contributed by atoms with Crippen LogP contribution in [0, 0.1) is 0 Å². The van der Waals surface area contributed by atoms with E-state index in [1.165, 1.54) is 6.42 Å². The van der Waals surface area contributed by atoms with Crippen molar-refractivity contribution in [2.24, 2.45) is 0 Å². The van der Waals surface area contributed by atoms with Crippen LogP contribution in [0.1, 0.15) is 49.5 Å². The van der Waals surface area contributed by atoms with Gasteiger partial charge in [0.15, 0.2) is 0 Å². The van der Waals surface area contributed by atoms with Crippen LogP contribution >= 0.6 is 11.3 Å². The minimum absolute atomic E-state index is 0.125. The molecule has 0 radical (unpaired) electrons. The Morgan fingerprint density at radius 1 is 1.41 bits per heavy atom. The van der Waals surface area contributed by atoms with Crippen molar-refractivity contribution < 1.29 is 4.74 Å². The highest BCUT2D eigenvalue weighted by atomic mass is 32.1. The van der Waals surface area contributed by atoms with Gasteiger partial charge in [0.05, 0.1) is 13.2 Å². The van der Waals surface area contributed by atoms with E-state index in [0.717, 1.165) is 36.2 Å². The van der Waals surface area contributed by atoms with E-state index >= 15 is 0 Å². The number of nitrogens with one attached hydrogen (secondary N) is 1. The van der Waals surface area contributed by atoms with Gasteiger partial charge in [-0.3, -0.25) is 0 Å². The lowest BCUT2D eigenvalue weighted by atomic mass is 10.0. The summed E-state index contributed by atoms with van der Waals surface area (Å²) in [6, 6.07) is 0. The Kier molecular flexibility index (Phi) is 4.12. The Morgan fingerprint density at radius 3 is 2.88 bits per heavy atom. The summed E-state index contributed by atoms with van der Waals surface area (Å²) in [7, 11) is 0. The fourth-order valence-corrected chi connectivity index (χ4v) is 2.68. The molecule has 1 fully saturated rings. The SMILES string of the molecule is CC(C)(C)NCc1nnc(C2CCCOC2)s1. The monoisotopic (exact) mass is 255 g/mol. The Labute approximate surface area is 107 Å². The molecule has 1 aliphatic heterocycles. The van der Waals surface area contributed by atoms with Crippen molar-refractivity contribution in [2.45, 2.75) is 51.6 Å². The molecule has 1 saturated heterocycles. The molecule has 17 heavy (non-hydrogen) atoms. The van der Waals surface area contributed by atoms with Gasteiger partial charge >= 0.3 is 0 Å². The molecule has 0 saturated carbocycles. The zero-order chi connectivity index (χ0) is 12.3. The average Bonchev–Trinajstić information content (AvgIpc) is 2.75. The number of rotatable bonds is 3. The minimum atomic E-state index is 0.125. The van der Waals surface area contributed by atoms with Gasteiger partial charge in [0.1, 0.15) is 10.0 Å². The molecule has 0 aliphatic carbocycles. The van der Waals surface area contributed by atoms with Crippen LogP contribution in [0.2, 0.25) is 0 Å². The first-order chi connectivity index (χ1) is 8.04. The van der Waals surface area contributed by atoms with Crippen molar-refractivity contribution in [1.29, 1.82) is 0 Å². The topological polar surface area (TPSA) is 47.0 Å². The smallest absolute Gasteiger partial charge is 0.131 e. The first-order valence-electron chi connectivity index (χ1n) is 6.20. The standard InChI is InChI=1S/C12H21N3OS/c1-12(2,3)13-7-10-14-15-11(17-10)9-5-4-6-16-8-9/h9,13H,4-8H2,1-3H3. The molecule has 1 unspecified atom stereocenters. The number of aromatic nitrogens is 2. The van der Waals surface area contributed by atoms with Crippen LogP contribution in [-0.4, -0.2) is 29.0 Å². The highest BCUT2D eigenvalue weighted by molar-refractivity contribution is 7.11. The van der Waals surface area contributed by atoms with Crippen LogP contribution in [0.5, 0.6) is 0 Å². The number of hydrogen-bond acceptors (Lipinski definition) is 5. The second-order valence-corrected chi connectivity index (χ2v) is 6.65. The normalized spacial score (nSPS) is 21.7. The van der Waals surface area contributed by atoms with Gasteiger partial charge < -0.3 is 10.1 Å². The fraction of sp³-hybridized carbons (Fsp3) is 0.833. The molecule has 0 bridgehead atoms. The van der Waals surface area contributed by atoms with Crippen molar-refractivity contribution >= 4 is 11.3 Å². The van der Waals surface area contributed by atoms with Crippen LogP contribution < -0.4 is 5.32 Å². The molecule has 96 valence electrons. The van der Waals surface area contributed by atoms with E-state index in [1.54, 1.807) is 11.3 Å². The fourth-order valence-electron chi connectivity index (χ4n) is 1.78. The molecule has 1 N–H and O–H groups in total. The molecule has 1 aromatic heterocycles. The zero-order valence-electron chi connectivity index (χ0n) is 10.8. The highest BCUT2D eigenvalue weighted by Gasteiger charge is 2.20. The van der Waals surface area contributed by atoms with Gasteiger partial charge in [-0.05, 0) is 33.6 Å². The summed E-state index contributed by atoms with van der Waals surface area (Å²) < 4.78 is 5.48. The van der Waals surface area contributed by atoms with Gasteiger partial charge in [0, 0.05) is 18.1 Å². The van der Waals surface area contributed by atoms with Gasteiger partial charge in [-0.2, -0.15) is 0 Å². The van der Waals surface area contributed by atoms with Crippen LogP contribution in [0.25, 0.3) is 0 Å². The maximum absolute atomic E-state index is 5.48. The Morgan fingerprint density at radius 2 is 2.24 bits per heavy atom. The van der Waals surface area contributed by atoms with Gasteiger partial charge in [-0.15, -0.1) is 10.2 Å². The van der Waals surface area contributed by atoms with E-state index in [0.29, 0.717) is 5.92 Å². The predicted molar refractivity (Wildman–Crippen MR) is 69.3 cm³/mol. The third kappa shape index (κ3) is 4.01. The summed E-state index contributed by atoms with van der Waals surface area (Å²) >= 11 is 1.72. The van der Waals surface area contributed by atoms with Gasteiger partial charge in [-0.25, -0.2) is 0 Å². The van der Waals surface area contributed by atoms with Crippen molar-refractivity contribution in [3.05, 3.63) is 10.0 Å². The first kappa shape index (κ1) is 12.9. The lowest BCUT2D eigenvalue weighted by molar-refractivity contribution is 0.0802. The summed E-state index contributed by atoms with van der Waals surface area (Å²) in [5, 5.41) is 14.2. The lowest BCUT2D eigenvalue weighted by Crippen LogP contribution is -2.35. The number of ether oxygens (including phenoxy) is 1. The molecular formula is C12H21N3OS. The van der Waals surface area contributed by atoms with Crippen LogP contribution in [0.15, 0.2) is 0 Å². The largest absolute Gasteiger partial charge is 0.381 e. The lowest BCUT2D eigenvalue weighted by Gasteiger charge is -2.19. The van der Waals surface area contributed by atoms with Crippen molar-refractivity contribution in [2.75, 3.05) is 13.2 Å². The maximum atomic E-state index is 5.48. The van der Waals surface area contributed by atoms with Crippen molar-refractivity contribution in [1.82, 2.24) is 15.5 Å². The van der Waals surface area contributed by atoms with E-state index in [2.05, 4.69) is 36.3 Å². The zero-order valence-corrected chi connectivity index (χ0v) is 11.6. The summed E-state index contributed by atoms with van der Waals surface area (Å²) in [6.45, 7) is 8.97. The Balaban J connectivity index is 1.91. The molecule has 4 nitrogen and oxygen atoms in total. The minimum Gasteiger partial charge on any atom is -0.381 e. The second kappa shape index (κ2) is 5.42. The molecule has 0 spiro atoms. The third-order valence-electron chi connectivity index (χ3n) is 2.76. The third-order valence-corrected chi connectivity index (χ3v) is 3.85. The summed E-state index contributed by atoms with van der Waals surface area (Å²) in [6.07, 6.45) is 2.32.